The Hall–Kier alpha value is -1.25. The lowest BCUT2D eigenvalue weighted by Crippen LogP contribution is -2.41. The molecule has 128 valence electrons. The predicted molar refractivity (Wildman–Crippen MR) is 81.6 cm³/mol. The molecule has 9 heteroatoms. The van der Waals surface area contributed by atoms with Gasteiger partial charge in [0.05, 0.1) is 0 Å². The summed E-state index contributed by atoms with van der Waals surface area (Å²) in [6.45, 7) is 0.880. The molecule has 1 fully saturated rings. The van der Waals surface area contributed by atoms with Gasteiger partial charge in [0.1, 0.15) is 22.4 Å². The summed E-state index contributed by atoms with van der Waals surface area (Å²) in [6.07, 6.45) is 1.09. The number of nitrogens with one attached hydrogen (secondary N) is 1. The first-order valence-electron chi connectivity index (χ1n) is 7.12. The van der Waals surface area contributed by atoms with Crippen molar-refractivity contribution in [3.63, 3.8) is 0 Å². The molecule has 1 saturated heterocycles. The van der Waals surface area contributed by atoms with Crippen LogP contribution in [0.2, 0.25) is 0 Å². The third-order valence-electron chi connectivity index (χ3n) is 3.79. The van der Waals surface area contributed by atoms with E-state index in [9.17, 15) is 22.0 Å². The molecular weight excluding hydrogens is 350 g/mol. The Bertz CT molecular complexity index is 677. The number of amides is 1. The van der Waals surface area contributed by atoms with E-state index in [0.29, 0.717) is 25.5 Å². The number of alkyl halides is 1. The van der Waals surface area contributed by atoms with E-state index in [2.05, 4.69) is 5.32 Å². The molecule has 0 aromatic heterocycles. The van der Waals surface area contributed by atoms with Gasteiger partial charge in [-0.15, -0.1) is 11.6 Å². The Morgan fingerprint density at radius 1 is 1.30 bits per heavy atom. The molecule has 1 aromatic rings. The van der Waals surface area contributed by atoms with Crippen LogP contribution in [0.1, 0.15) is 12.8 Å². The number of hydrogen-bond acceptors (Lipinski definition) is 3. The molecule has 0 aliphatic carbocycles. The number of rotatable bonds is 5. The smallest absolute Gasteiger partial charge is 0.245 e. The van der Waals surface area contributed by atoms with Gasteiger partial charge in [0, 0.05) is 25.7 Å². The Balaban J connectivity index is 2.00. The number of sulfonamides is 1. The van der Waals surface area contributed by atoms with E-state index < -0.39 is 26.6 Å². The molecule has 1 heterocycles. The Labute approximate surface area is 138 Å². The monoisotopic (exact) mass is 366 g/mol. The Morgan fingerprint density at radius 3 is 2.52 bits per heavy atom. The van der Waals surface area contributed by atoms with Gasteiger partial charge in [0.15, 0.2) is 0 Å². The molecule has 1 aliphatic heterocycles. The highest BCUT2D eigenvalue weighted by Crippen LogP contribution is 2.25. The maximum atomic E-state index is 13.7. The summed E-state index contributed by atoms with van der Waals surface area (Å²) in [6, 6.07) is 2.42. The molecule has 1 aliphatic rings. The van der Waals surface area contributed by atoms with Crippen LogP contribution in [-0.4, -0.2) is 44.1 Å². The molecular formula is C14H17ClF2N2O3S. The summed E-state index contributed by atoms with van der Waals surface area (Å²) in [5.74, 6) is -2.16. The molecule has 2 rings (SSSR count). The van der Waals surface area contributed by atoms with E-state index in [0.717, 1.165) is 12.1 Å². The van der Waals surface area contributed by atoms with Gasteiger partial charge >= 0.3 is 0 Å². The van der Waals surface area contributed by atoms with Crippen molar-refractivity contribution in [1.29, 1.82) is 0 Å². The molecule has 5 nitrogen and oxygen atoms in total. The molecule has 1 amide bonds. The topological polar surface area (TPSA) is 66.5 Å². The van der Waals surface area contributed by atoms with Crippen LogP contribution < -0.4 is 5.32 Å². The zero-order valence-corrected chi connectivity index (χ0v) is 13.8. The predicted octanol–water partition coefficient (Wildman–Crippen LogP) is 1.72. The Morgan fingerprint density at radius 2 is 1.96 bits per heavy atom. The highest BCUT2D eigenvalue weighted by atomic mass is 35.5. The summed E-state index contributed by atoms with van der Waals surface area (Å²) >= 11 is 5.38. The number of carbonyl (C=O) groups is 1. The van der Waals surface area contributed by atoms with E-state index in [4.69, 9.17) is 11.6 Å². The van der Waals surface area contributed by atoms with Gasteiger partial charge in [0.2, 0.25) is 15.9 Å². The minimum Gasteiger partial charge on any atom is -0.355 e. The van der Waals surface area contributed by atoms with Gasteiger partial charge < -0.3 is 5.32 Å². The van der Waals surface area contributed by atoms with Gasteiger partial charge in [-0.25, -0.2) is 17.2 Å². The van der Waals surface area contributed by atoms with Crippen molar-refractivity contribution in [3.8, 4) is 0 Å². The van der Waals surface area contributed by atoms with E-state index in [1.165, 1.54) is 4.31 Å². The van der Waals surface area contributed by atoms with E-state index in [1.807, 2.05) is 0 Å². The van der Waals surface area contributed by atoms with Gasteiger partial charge in [-0.2, -0.15) is 4.31 Å². The minimum atomic E-state index is -3.99. The molecule has 0 radical (unpaired) electrons. The Kier molecular flexibility index (Phi) is 5.94. The van der Waals surface area contributed by atoms with Crippen LogP contribution in [0, 0.1) is 17.6 Å². The molecule has 0 saturated carbocycles. The second-order valence-electron chi connectivity index (χ2n) is 5.36. The van der Waals surface area contributed by atoms with Crippen molar-refractivity contribution in [1.82, 2.24) is 9.62 Å². The molecule has 0 spiro atoms. The van der Waals surface area contributed by atoms with Crippen LogP contribution in [0.15, 0.2) is 23.1 Å². The van der Waals surface area contributed by atoms with Gasteiger partial charge in [-0.05, 0) is 30.9 Å². The summed E-state index contributed by atoms with van der Waals surface area (Å²) in [5, 5.41) is 2.66. The summed E-state index contributed by atoms with van der Waals surface area (Å²) in [4.78, 5) is 10.6. The fourth-order valence-electron chi connectivity index (χ4n) is 2.48. The van der Waals surface area contributed by atoms with Gasteiger partial charge in [-0.3, -0.25) is 4.79 Å². The summed E-state index contributed by atoms with van der Waals surface area (Å²) in [7, 11) is -3.99. The molecule has 1 N–H and O–H groups in total. The number of nitrogens with zero attached hydrogens (tertiary/aromatic N) is 1. The van der Waals surface area contributed by atoms with Crippen molar-refractivity contribution in [2.75, 3.05) is 25.5 Å². The fourth-order valence-corrected chi connectivity index (χ4v) is 4.09. The highest BCUT2D eigenvalue weighted by molar-refractivity contribution is 7.89. The number of benzene rings is 1. The zero-order valence-electron chi connectivity index (χ0n) is 12.3. The normalized spacial score (nSPS) is 17.2. The van der Waals surface area contributed by atoms with Crippen LogP contribution in [0.25, 0.3) is 0 Å². The summed E-state index contributed by atoms with van der Waals surface area (Å²) in [5.41, 5.74) is 0. The fraction of sp³-hybridized carbons (Fsp3) is 0.500. The van der Waals surface area contributed by atoms with E-state index >= 15 is 0 Å². The molecule has 23 heavy (non-hydrogen) atoms. The lowest BCUT2D eigenvalue weighted by molar-refractivity contribution is -0.118. The van der Waals surface area contributed by atoms with E-state index in [-0.39, 0.29) is 30.8 Å². The van der Waals surface area contributed by atoms with Crippen LogP contribution in [0.4, 0.5) is 8.78 Å². The first kappa shape index (κ1) is 18.1. The first-order valence-corrected chi connectivity index (χ1v) is 9.10. The standard InChI is InChI=1S/C14H17ClF2N2O3S/c15-8-14(20)18-9-10-3-5-19(6-4-10)23(21,22)13-2-1-11(16)7-12(13)17/h1-2,7,10H,3-6,8-9H2,(H,18,20). The number of carbonyl (C=O) groups excluding carboxylic acids is 1. The molecule has 0 bridgehead atoms. The third kappa shape index (κ3) is 4.39. The van der Waals surface area contributed by atoms with Crippen LogP contribution in [0.3, 0.4) is 0 Å². The average Bonchev–Trinajstić information content (AvgIpc) is 2.52. The first-order chi connectivity index (χ1) is 10.8. The third-order valence-corrected chi connectivity index (χ3v) is 5.97. The van der Waals surface area contributed by atoms with Crippen molar-refractivity contribution in [2.24, 2.45) is 5.92 Å². The van der Waals surface area contributed by atoms with E-state index in [1.54, 1.807) is 0 Å². The average molecular weight is 367 g/mol. The summed E-state index contributed by atoms with van der Waals surface area (Å²) < 4.78 is 52.6. The van der Waals surface area contributed by atoms with Gasteiger partial charge in [0.25, 0.3) is 0 Å². The van der Waals surface area contributed by atoms with Crippen molar-refractivity contribution < 1.29 is 22.0 Å². The maximum absolute atomic E-state index is 13.7. The second kappa shape index (κ2) is 7.55. The van der Waals surface area contributed by atoms with Crippen molar-refractivity contribution >= 4 is 27.5 Å². The number of halogens is 3. The quantitative estimate of drug-likeness (QED) is 0.807. The minimum absolute atomic E-state index is 0.114. The maximum Gasteiger partial charge on any atom is 0.245 e. The largest absolute Gasteiger partial charge is 0.355 e. The number of hydrogen-bond donors (Lipinski definition) is 1. The molecule has 1 aromatic carbocycles. The molecule has 0 unspecified atom stereocenters. The van der Waals surface area contributed by atoms with Crippen LogP contribution in [0.5, 0.6) is 0 Å². The number of piperidine rings is 1. The van der Waals surface area contributed by atoms with Crippen molar-refractivity contribution in [2.45, 2.75) is 17.7 Å². The zero-order chi connectivity index (χ0) is 17.0. The highest BCUT2D eigenvalue weighted by Gasteiger charge is 2.31. The SMILES string of the molecule is O=C(CCl)NCC1CCN(S(=O)(=O)c2ccc(F)cc2F)CC1. The lowest BCUT2D eigenvalue weighted by Gasteiger charge is -2.31. The van der Waals surface area contributed by atoms with Crippen molar-refractivity contribution in [3.05, 3.63) is 29.8 Å². The second-order valence-corrected chi connectivity index (χ2v) is 7.53. The van der Waals surface area contributed by atoms with Crippen LogP contribution in [-0.2, 0) is 14.8 Å². The lowest BCUT2D eigenvalue weighted by atomic mass is 9.98. The van der Waals surface area contributed by atoms with Gasteiger partial charge in [-0.1, -0.05) is 0 Å². The van der Waals surface area contributed by atoms with Crippen LogP contribution >= 0.6 is 11.6 Å². The molecule has 0 atom stereocenters.